The van der Waals surface area contributed by atoms with E-state index < -0.39 is 18.2 Å². The van der Waals surface area contributed by atoms with E-state index in [2.05, 4.69) is 0 Å². The van der Waals surface area contributed by atoms with Gasteiger partial charge in [0, 0.05) is 20.6 Å². The highest BCUT2D eigenvalue weighted by atomic mass is 16.7. The van der Waals surface area contributed by atoms with Crippen LogP contribution in [0.3, 0.4) is 0 Å². The maximum Gasteiger partial charge on any atom is 0.219 e. The van der Waals surface area contributed by atoms with Crippen molar-refractivity contribution < 1.29 is 24.4 Å². The van der Waals surface area contributed by atoms with E-state index in [1.807, 2.05) is 0 Å². The summed E-state index contributed by atoms with van der Waals surface area (Å²) in [5, 5.41) is 18.8. The minimum Gasteiger partial charge on any atom is -0.379 e. The summed E-state index contributed by atoms with van der Waals surface area (Å²) in [6, 6.07) is 0. The van der Waals surface area contributed by atoms with Crippen LogP contribution in [0.25, 0.3) is 0 Å². The Hall–Kier alpha value is -0.200. The second-order valence-electron chi connectivity index (χ2n) is 2.81. The highest BCUT2D eigenvalue weighted by Gasteiger charge is 2.47. The molecule has 1 aliphatic heterocycles. The van der Waals surface area contributed by atoms with Crippen LogP contribution < -0.4 is 0 Å². The minimum atomic E-state index is -1.51. The van der Waals surface area contributed by atoms with E-state index in [-0.39, 0.29) is 13.0 Å². The highest BCUT2D eigenvalue weighted by molar-refractivity contribution is 4.85. The van der Waals surface area contributed by atoms with E-state index in [1.165, 1.54) is 14.2 Å². The Bertz CT molecular complexity index is 151. The molecule has 3 atom stereocenters. The molecule has 1 heterocycles. The molecule has 0 saturated carbocycles. The van der Waals surface area contributed by atoms with Gasteiger partial charge in [-0.05, 0) is 0 Å². The summed E-state index contributed by atoms with van der Waals surface area (Å²) >= 11 is 0. The van der Waals surface area contributed by atoms with Gasteiger partial charge < -0.3 is 24.4 Å². The fourth-order valence-corrected chi connectivity index (χ4v) is 1.34. The van der Waals surface area contributed by atoms with Crippen LogP contribution in [-0.2, 0) is 14.2 Å². The van der Waals surface area contributed by atoms with Gasteiger partial charge >= 0.3 is 0 Å². The monoisotopic (exact) mass is 178 g/mol. The Labute approximate surface area is 70.9 Å². The summed E-state index contributed by atoms with van der Waals surface area (Å²) in [4.78, 5) is 0. The minimum absolute atomic E-state index is 0.0113. The van der Waals surface area contributed by atoms with Crippen LogP contribution in [0.1, 0.15) is 6.42 Å². The van der Waals surface area contributed by atoms with Crippen molar-refractivity contribution in [3.63, 3.8) is 0 Å². The molecule has 0 aromatic rings. The third kappa shape index (κ3) is 1.75. The molecule has 12 heavy (non-hydrogen) atoms. The SMILES string of the molecule is COCC1(O)OC(O)C[C@H]1OC. The zero-order valence-electron chi connectivity index (χ0n) is 7.19. The lowest BCUT2D eigenvalue weighted by molar-refractivity contribution is -0.277. The van der Waals surface area contributed by atoms with Gasteiger partial charge in [-0.3, -0.25) is 0 Å². The number of hydrogen-bond acceptors (Lipinski definition) is 5. The fraction of sp³-hybridized carbons (Fsp3) is 1.00. The van der Waals surface area contributed by atoms with Crippen LogP contribution in [0.15, 0.2) is 0 Å². The fourth-order valence-electron chi connectivity index (χ4n) is 1.34. The predicted molar refractivity (Wildman–Crippen MR) is 39.3 cm³/mol. The first-order chi connectivity index (χ1) is 5.62. The number of rotatable bonds is 3. The number of hydrogen-bond donors (Lipinski definition) is 2. The maximum absolute atomic E-state index is 9.69. The first-order valence-electron chi connectivity index (χ1n) is 3.72. The van der Waals surface area contributed by atoms with Gasteiger partial charge in [-0.1, -0.05) is 0 Å². The Kier molecular flexibility index (Phi) is 3.03. The lowest BCUT2D eigenvalue weighted by Gasteiger charge is -2.26. The molecule has 0 aromatic carbocycles. The van der Waals surface area contributed by atoms with Crippen molar-refractivity contribution >= 4 is 0 Å². The summed E-state index contributed by atoms with van der Waals surface area (Å²) in [5.41, 5.74) is 0. The molecular formula is C7H14O5. The molecule has 2 N–H and O–H groups in total. The van der Waals surface area contributed by atoms with Crippen LogP contribution in [0, 0.1) is 0 Å². The standard InChI is InChI=1S/C7H14O5/c1-10-4-7(9)5(11-2)3-6(8)12-7/h5-6,8-9H,3-4H2,1-2H3/t5-,6?,7?/m1/s1. The first-order valence-corrected chi connectivity index (χ1v) is 3.72. The second kappa shape index (κ2) is 3.68. The van der Waals surface area contributed by atoms with Gasteiger partial charge in [-0.25, -0.2) is 0 Å². The lowest BCUT2D eigenvalue weighted by Crippen LogP contribution is -2.44. The van der Waals surface area contributed by atoms with Crippen molar-refractivity contribution in [1.29, 1.82) is 0 Å². The van der Waals surface area contributed by atoms with E-state index in [9.17, 15) is 5.11 Å². The number of aliphatic hydroxyl groups is 2. The topological polar surface area (TPSA) is 68.2 Å². The van der Waals surface area contributed by atoms with Crippen LogP contribution >= 0.6 is 0 Å². The van der Waals surface area contributed by atoms with Crippen LogP contribution in [0.5, 0.6) is 0 Å². The largest absolute Gasteiger partial charge is 0.379 e. The number of methoxy groups -OCH3 is 2. The molecule has 5 nitrogen and oxygen atoms in total. The molecule has 0 radical (unpaired) electrons. The van der Waals surface area contributed by atoms with Crippen molar-refractivity contribution in [2.24, 2.45) is 0 Å². The van der Waals surface area contributed by atoms with E-state index in [0.29, 0.717) is 0 Å². The van der Waals surface area contributed by atoms with Crippen molar-refractivity contribution in [2.45, 2.75) is 24.6 Å². The first kappa shape index (κ1) is 9.88. The molecule has 72 valence electrons. The number of aliphatic hydroxyl groups excluding tert-OH is 1. The van der Waals surface area contributed by atoms with Gasteiger partial charge in [-0.2, -0.15) is 0 Å². The summed E-state index contributed by atoms with van der Waals surface area (Å²) in [6.45, 7) is -0.0113. The van der Waals surface area contributed by atoms with Gasteiger partial charge in [0.2, 0.25) is 5.79 Å². The second-order valence-corrected chi connectivity index (χ2v) is 2.81. The molecule has 0 aromatic heterocycles. The molecule has 1 saturated heterocycles. The Balaban J connectivity index is 2.60. The maximum atomic E-state index is 9.69. The summed E-state index contributed by atoms with van der Waals surface area (Å²) < 4.78 is 14.5. The highest BCUT2D eigenvalue weighted by Crippen LogP contribution is 2.29. The smallest absolute Gasteiger partial charge is 0.219 e. The van der Waals surface area contributed by atoms with E-state index in [4.69, 9.17) is 19.3 Å². The van der Waals surface area contributed by atoms with Crippen LogP contribution in [0.4, 0.5) is 0 Å². The molecule has 0 aliphatic carbocycles. The molecule has 5 heteroatoms. The molecule has 0 bridgehead atoms. The Morgan fingerprint density at radius 3 is 2.75 bits per heavy atom. The van der Waals surface area contributed by atoms with Crippen LogP contribution in [-0.4, -0.2) is 49.2 Å². The van der Waals surface area contributed by atoms with E-state index in [0.717, 1.165) is 0 Å². The summed E-state index contributed by atoms with van der Waals surface area (Å²) in [6.07, 6.45) is -1.25. The number of ether oxygens (including phenoxy) is 3. The molecule has 2 unspecified atom stereocenters. The molecular weight excluding hydrogens is 164 g/mol. The zero-order valence-corrected chi connectivity index (χ0v) is 7.19. The van der Waals surface area contributed by atoms with Crippen molar-refractivity contribution in [3.8, 4) is 0 Å². The van der Waals surface area contributed by atoms with E-state index >= 15 is 0 Å². The average molecular weight is 178 g/mol. The van der Waals surface area contributed by atoms with Crippen molar-refractivity contribution in [2.75, 3.05) is 20.8 Å². The third-order valence-electron chi connectivity index (χ3n) is 1.89. The third-order valence-corrected chi connectivity index (χ3v) is 1.89. The molecule has 1 aliphatic rings. The van der Waals surface area contributed by atoms with Crippen molar-refractivity contribution in [3.05, 3.63) is 0 Å². The normalized spacial score (nSPS) is 42.0. The lowest BCUT2D eigenvalue weighted by atomic mass is 10.1. The van der Waals surface area contributed by atoms with Gasteiger partial charge in [0.25, 0.3) is 0 Å². The molecule has 1 fully saturated rings. The van der Waals surface area contributed by atoms with Gasteiger partial charge in [0.05, 0.1) is 0 Å². The van der Waals surface area contributed by atoms with Gasteiger partial charge in [-0.15, -0.1) is 0 Å². The molecule has 0 spiro atoms. The van der Waals surface area contributed by atoms with Gasteiger partial charge in [0.15, 0.2) is 6.29 Å². The Morgan fingerprint density at radius 1 is 1.58 bits per heavy atom. The average Bonchev–Trinajstić information content (AvgIpc) is 2.26. The summed E-state index contributed by atoms with van der Waals surface area (Å²) in [7, 11) is 2.89. The quantitative estimate of drug-likeness (QED) is 0.584. The summed E-state index contributed by atoms with van der Waals surface area (Å²) in [5.74, 6) is -1.51. The van der Waals surface area contributed by atoms with Crippen LogP contribution in [0.2, 0.25) is 0 Å². The predicted octanol–water partition coefficient (Wildman–Crippen LogP) is -0.925. The zero-order chi connectivity index (χ0) is 9.19. The van der Waals surface area contributed by atoms with Crippen molar-refractivity contribution in [1.82, 2.24) is 0 Å². The molecule has 1 rings (SSSR count). The molecule has 0 amide bonds. The van der Waals surface area contributed by atoms with E-state index in [1.54, 1.807) is 0 Å². The van der Waals surface area contributed by atoms with Gasteiger partial charge in [0.1, 0.15) is 12.7 Å². The Morgan fingerprint density at radius 2 is 2.25 bits per heavy atom.